The SMILES string of the molecule is CC(CNC(=O)[C@@H](N)C(C)(C)C)Oc1ccc(F)cc1.Cl. The molecule has 1 aromatic carbocycles. The van der Waals surface area contributed by atoms with E-state index in [0.29, 0.717) is 12.3 Å². The van der Waals surface area contributed by atoms with E-state index in [1.165, 1.54) is 12.1 Å². The van der Waals surface area contributed by atoms with Crippen LogP contribution in [0, 0.1) is 11.2 Å². The Hall–Kier alpha value is -1.33. The molecule has 21 heavy (non-hydrogen) atoms. The van der Waals surface area contributed by atoms with E-state index in [-0.39, 0.29) is 35.7 Å². The number of hydrogen-bond acceptors (Lipinski definition) is 3. The Morgan fingerprint density at radius 2 is 1.86 bits per heavy atom. The maximum atomic E-state index is 12.8. The zero-order valence-electron chi connectivity index (χ0n) is 12.9. The molecule has 0 radical (unpaired) electrons. The Morgan fingerprint density at radius 1 is 1.33 bits per heavy atom. The average molecular weight is 319 g/mol. The molecular weight excluding hydrogens is 295 g/mol. The fraction of sp³-hybridized carbons (Fsp3) is 0.533. The van der Waals surface area contributed by atoms with Crippen molar-refractivity contribution < 1.29 is 13.9 Å². The van der Waals surface area contributed by atoms with Crippen LogP contribution >= 0.6 is 12.4 Å². The largest absolute Gasteiger partial charge is 0.489 e. The van der Waals surface area contributed by atoms with E-state index in [4.69, 9.17) is 10.5 Å². The molecule has 0 aliphatic heterocycles. The van der Waals surface area contributed by atoms with Gasteiger partial charge in [-0.25, -0.2) is 4.39 Å². The van der Waals surface area contributed by atoms with E-state index in [1.54, 1.807) is 12.1 Å². The van der Waals surface area contributed by atoms with E-state index < -0.39 is 6.04 Å². The van der Waals surface area contributed by atoms with Gasteiger partial charge in [-0.3, -0.25) is 4.79 Å². The second kappa shape index (κ2) is 8.20. The second-order valence-corrected chi connectivity index (χ2v) is 5.97. The number of hydrogen-bond donors (Lipinski definition) is 2. The van der Waals surface area contributed by atoms with E-state index in [9.17, 15) is 9.18 Å². The highest BCUT2D eigenvalue weighted by molar-refractivity contribution is 5.85. The summed E-state index contributed by atoms with van der Waals surface area (Å²) in [4.78, 5) is 11.8. The fourth-order valence-corrected chi connectivity index (χ4v) is 1.53. The first-order chi connectivity index (χ1) is 9.20. The zero-order valence-corrected chi connectivity index (χ0v) is 13.7. The molecule has 0 aliphatic rings. The maximum Gasteiger partial charge on any atom is 0.237 e. The van der Waals surface area contributed by atoms with Crippen molar-refractivity contribution >= 4 is 18.3 Å². The van der Waals surface area contributed by atoms with Crippen molar-refractivity contribution in [3.63, 3.8) is 0 Å². The predicted molar refractivity (Wildman–Crippen MR) is 84.2 cm³/mol. The van der Waals surface area contributed by atoms with Gasteiger partial charge < -0.3 is 15.8 Å². The monoisotopic (exact) mass is 318 g/mol. The van der Waals surface area contributed by atoms with Crippen molar-refractivity contribution in [3.05, 3.63) is 30.1 Å². The summed E-state index contributed by atoms with van der Waals surface area (Å²) in [6, 6.07) is 5.19. The van der Waals surface area contributed by atoms with Gasteiger partial charge in [0.1, 0.15) is 17.7 Å². The van der Waals surface area contributed by atoms with Crippen molar-refractivity contribution in [2.45, 2.75) is 39.8 Å². The first-order valence-corrected chi connectivity index (χ1v) is 6.65. The molecule has 0 spiro atoms. The molecule has 0 aromatic heterocycles. The summed E-state index contributed by atoms with van der Waals surface area (Å²) >= 11 is 0. The molecule has 0 aliphatic carbocycles. The molecule has 0 bridgehead atoms. The lowest BCUT2D eigenvalue weighted by atomic mass is 9.87. The minimum absolute atomic E-state index is 0. The highest BCUT2D eigenvalue weighted by Crippen LogP contribution is 2.17. The van der Waals surface area contributed by atoms with Crippen LogP contribution in [-0.2, 0) is 4.79 Å². The van der Waals surface area contributed by atoms with Gasteiger partial charge in [-0.05, 0) is 36.6 Å². The van der Waals surface area contributed by atoms with Crippen LogP contribution in [0.3, 0.4) is 0 Å². The summed E-state index contributed by atoms with van der Waals surface area (Å²) in [6.07, 6.45) is -0.225. The Labute approximate surface area is 131 Å². The highest BCUT2D eigenvalue weighted by atomic mass is 35.5. The van der Waals surface area contributed by atoms with Crippen LogP contribution in [0.2, 0.25) is 0 Å². The van der Waals surface area contributed by atoms with Gasteiger partial charge >= 0.3 is 0 Å². The third kappa shape index (κ3) is 6.78. The van der Waals surface area contributed by atoms with Crippen LogP contribution in [0.4, 0.5) is 4.39 Å². The molecule has 0 saturated carbocycles. The second-order valence-electron chi connectivity index (χ2n) is 5.97. The number of benzene rings is 1. The Kier molecular flexibility index (Phi) is 7.68. The van der Waals surface area contributed by atoms with Gasteiger partial charge in [-0.2, -0.15) is 0 Å². The van der Waals surface area contributed by atoms with E-state index in [1.807, 2.05) is 27.7 Å². The molecule has 1 unspecified atom stereocenters. The molecule has 6 heteroatoms. The van der Waals surface area contributed by atoms with Gasteiger partial charge in [0.25, 0.3) is 0 Å². The quantitative estimate of drug-likeness (QED) is 0.876. The zero-order chi connectivity index (χ0) is 15.3. The number of carbonyl (C=O) groups is 1. The minimum atomic E-state index is -0.569. The normalized spacial score (nSPS) is 13.8. The molecule has 4 nitrogen and oxygen atoms in total. The molecule has 1 rings (SSSR count). The Morgan fingerprint density at radius 3 is 2.33 bits per heavy atom. The van der Waals surface area contributed by atoms with Crippen LogP contribution in [0.25, 0.3) is 0 Å². The highest BCUT2D eigenvalue weighted by Gasteiger charge is 2.27. The van der Waals surface area contributed by atoms with Crippen molar-refractivity contribution in [3.8, 4) is 5.75 Å². The summed E-state index contributed by atoms with van der Waals surface area (Å²) in [5, 5.41) is 2.76. The number of nitrogens with two attached hydrogens (primary N) is 1. The lowest BCUT2D eigenvalue weighted by molar-refractivity contribution is -0.124. The fourth-order valence-electron chi connectivity index (χ4n) is 1.53. The summed E-state index contributed by atoms with van der Waals surface area (Å²) in [7, 11) is 0. The van der Waals surface area contributed by atoms with Gasteiger partial charge in [0.05, 0.1) is 12.6 Å². The predicted octanol–water partition coefficient (Wildman–Crippen LogP) is 2.50. The van der Waals surface area contributed by atoms with E-state index in [2.05, 4.69) is 5.32 Å². The van der Waals surface area contributed by atoms with Gasteiger partial charge in [0.2, 0.25) is 5.91 Å². The van der Waals surface area contributed by atoms with Crippen LogP contribution in [0.1, 0.15) is 27.7 Å². The summed E-state index contributed by atoms with van der Waals surface area (Å²) < 4.78 is 18.3. The smallest absolute Gasteiger partial charge is 0.237 e. The van der Waals surface area contributed by atoms with Crippen molar-refractivity contribution in [2.75, 3.05) is 6.54 Å². The van der Waals surface area contributed by atoms with Gasteiger partial charge in [-0.15, -0.1) is 12.4 Å². The van der Waals surface area contributed by atoms with Crippen molar-refractivity contribution in [1.29, 1.82) is 0 Å². The molecule has 0 saturated heterocycles. The minimum Gasteiger partial charge on any atom is -0.489 e. The van der Waals surface area contributed by atoms with Crippen LogP contribution < -0.4 is 15.8 Å². The van der Waals surface area contributed by atoms with Gasteiger partial charge in [-0.1, -0.05) is 20.8 Å². The molecule has 3 N–H and O–H groups in total. The molecule has 1 aromatic rings. The number of rotatable bonds is 5. The number of carbonyl (C=O) groups excluding carboxylic acids is 1. The summed E-state index contributed by atoms with van der Waals surface area (Å²) in [5.41, 5.74) is 5.57. The number of amides is 1. The number of nitrogens with one attached hydrogen (secondary N) is 1. The lowest BCUT2D eigenvalue weighted by Gasteiger charge is -2.26. The third-order valence-corrected chi connectivity index (χ3v) is 2.93. The van der Waals surface area contributed by atoms with Crippen LogP contribution in [-0.4, -0.2) is 24.6 Å². The van der Waals surface area contributed by atoms with Crippen LogP contribution in [0.15, 0.2) is 24.3 Å². The molecule has 0 heterocycles. The Bertz CT molecular complexity index is 446. The van der Waals surface area contributed by atoms with Gasteiger partial charge in [0, 0.05) is 0 Å². The van der Waals surface area contributed by atoms with Crippen molar-refractivity contribution in [2.24, 2.45) is 11.1 Å². The van der Waals surface area contributed by atoms with Crippen molar-refractivity contribution in [1.82, 2.24) is 5.32 Å². The van der Waals surface area contributed by atoms with E-state index in [0.717, 1.165) is 0 Å². The average Bonchev–Trinajstić information content (AvgIpc) is 2.36. The summed E-state index contributed by atoms with van der Waals surface area (Å²) in [6.45, 7) is 7.91. The van der Waals surface area contributed by atoms with Crippen LogP contribution in [0.5, 0.6) is 5.75 Å². The maximum absolute atomic E-state index is 12.8. The first kappa shape index (κ1) is 19.7. The standard InChI is InChI=1S/C15H23FN2O2.ClH/c1-10(20-12-7-5-11(16)6-8-12)9-18-14(19)13(17)15(2,3)4;/h5-8,10,13H,9,17H2,1-4H3,(H,18,19);1H/t10?,13-;/m1./s1. The topological polar surface area (TPSA) is 64.4 Å². The lowest BCUT2D eigenvalue weighted by Crippen LogP contribution is -2.50. The molecular formula is C15H24ClFN2O2. The number of halogens is 2. The molecule has 2 atom stereocenters. The van der Waals surface area contributed by atoms with Gasteiger partial charge in [0.15, 0.2) is 0 Å². The molecule has 0 fully saturated rings. The number of ether oxygens (including phenoxy) is 1. The molecule has 120 valence electrons. The molecule has 1 amide bonds. The summed E-state index contributed by atoms with van der Waals surface area (Å²) in [5.74, 6) is 0.0507. The first-order valence-electron chi connectivity index (χ1n) is 6.65. The Balaban J connectivity index is 0.00000400. The third-order valence-electron chi connectivity index (χ3n) is 2.93. The van der Waals surface area contributed by atoms with E-state index >= 15 is 0 Å².